The highest BCUT2D eigenvalue weighted by Gasteiger charge is 2.36. The van der Waals surface area contributed by atoms with Crippen molar-refractivity contribution in [3.63, 3.8) is 0 Å². The van der Waals surface area contributed by atoms with Gasteiger partial charge in [-0.05, 0) is 42.5 Å². The first kappa shape index (κ1) is 11.3. The molecule has 0 saturated carbocycles. The Labute approximate surface area is 106 Å². The lowest BCUT2D eigenvalue weighted by Crippen LogP contribution is -2.42. The zero-order chi connectivity index (χ0) is 12.7. The molecule has 94 valence electrons. The fourth-order valence-corrected chi connectivity index (χ4v) is 3.00. The van der Waals surface area contributed by atoms with Gasteiger partial charge in [0.05, 0.1) is 6.04 Å². The van der Waals surface area contributed by atoms with E-state index >= 15 is 0 Å². The van der Waals surface area contributed by atoms with Crippen molar-refractivity contribution in [1.82, 2.24) is 4.90 Å². The predicted octanol–water partition coefficient (Wildman–Crippen LogP) is 1.80. The van der Waals surface area contributed by atoms with E-state index in [0.29, 0.717) is 19.3 Å². The third-order valence-corrected chi connectivity index (χ3v) is 3.84. The van der Waals surface area contributed by atoms with E-state index in [1.807, 2.05) is 18.2 Å². The van der Waals surface area contributed by atoms with Crippen LogP contribution in [0.25, 0.3) is 0 Å². The number of rotatable bonds is 1. The zero-order valence-corrected chi connectivity index (χ0v) is 10.2. The van der Waals surface area contributed by atoms with Crippen molar-refractivity contribution in [3.8, 4) is 0 Å². The van der Waals surface area contributed by atoms with Gasteiger partial charge in [0, 0.05) is 18.5 Å². The predicted molar refractivity (Wildman–Crippen MR) is 67.6 cm³/mol. The van der Waals surface area contributed by atoms with E-state index in [-0.39, 0.29) is 17.9 Å². The molecule has 1 saturated heterocycles. The number of aryl methyl sites for hydroxylation is 1. The van der Waals surface area contributed by atoms with Crippen LogP contribution in [0, 0.1) is 0 Å². The van der Waals surface area contributed by atoms with Gasteiger partial charge in [-0.25, -0.2) is 0 Å². The number of nitrogens with two attached hydrogens (primary N) is 1. The molecule has 1 aromatic rings. The molecular formula is C14H16N2O2. The highest BCUT2D eigenvalue weighted by atomic mass is 16.2. The molecule has 0 spiro atoms. The summed E-state index contributed by atoms with van der Waals surface area (Å²) >= 11 is 0. The number of piperidine rings is 1. The second kappa shape index (κ2) is 4.12. The number of hydrogen-bond acceptors (Lipinski definition) is 3. The number of carbonyl (C=O) groups is 2. The number of nitrogen functional groups attached to an aromatic ring is 1. The molecular weight excluding hydrogens is 228 g/mol. The fraction of sp³-hybridized carbons (Fsp3) is 0.429. The van der Waals surface area contributed by atoms with Gasteiger partial charge in [0.15, 0.2) is 0 Å². The highest BCUT2D eigenvalue weighted by Crippen LogP contribution is 2.38. The molecule has 2 aliphatic rings. The first-order chi connectivity index (χ1) is 8.66. The highest BCUT2D eigenvalue weighted by molar-refractivity contribution is 5.98. The molecule has 1 fully saturated rings. The molecule has 1 aliphatic carbocycles. The molecule has 0 bridgehead atoms. The van der Waals surface area contributed by atoms with Crippen molar-refractivity contribution < 1.29 is 9.59 Å². The van der Waals surface area contributed by atoms with Crippen LogP contribution in [0.4, 0.5) is 5.69 Å². The fourth-order valence-electron chi connectivity index (χ4n) is 3.00. The van der Waals surface area contributed by atoms with Crippen molar-refractivity contribution >= 4 is 17.5 Å². The number of hydrogen-bond donors (Lipinski definition) is 1. The first-order valence-corrected chi connectivity index (χ1v) is 6.40. The van der Waals surface area contributed by atoms with E-state index in [2.05, 4.69) is 0 Å². The van der Waals surface area contributed by atoms with Crippen molar-refractivity contribution in [2.45, 2.75) is 38.1 Å². The normalized spacial score (nSPS) is 23.3. The molecule has 1 unspecified atom stereocenters. The van der Waals surface area contributed by atoms with Gasteiger partial charge in [0.25, 0.3) is 0 Å². The maximum atomic E-state index is 11.9. The molecule has 3 rings (SSSR count). The molecule has 1 heterocycles. The second-order valence-electron chi connectivity index (χ2n) is 5.02. The summed E-state index contributed by atoms with van der Waals surface area (Å²) in [5.74, 6) is -0.0538. The van der Waals surface area contributed by atoms with Gasteiger partial charge >= 0.3 is 0 Å². The van der Waals surface area contributed by atoms with E-state index < -0.39 is 0 Å². The Morgan fingerprint density at radius 1 is 1.11 bits per heavy atom. The standard InChI is InChI=1S/C14H16N2O2/c15-10-5-6-11-9(8-10)4-7-12(11)16-13(17)2-1-3-14(16)18/h5-6,8,12H,1-4,7,15H2. The van der Waals surface area contributed by atoms with Crippen LogP contribution in [0.1, 0.15) is 42.9 Å². The number of imide groups is 1. The van der Waals surface area contributed by atoms with E-state index in [4.69, 9.17) is 5.73 Å². The summed E-state index contributed by atoms with van der Waals surface area (Å²) in [7, 11) is 0. The van der Waals surface area contributed by atoms with Gasteiger partial charge in [-0.15, -0.1) is 0 Å². The number of amides is 2. The van der Waals surface area contributed by atoms with E-state index in [1.165, 1.54) is 10.5 Å². The minimum Gasteiger partial charge on any atom is -0.399 e. The van der Waals surface area contributed by atoms with Gasteiger partial charge in [0.1, 0.15) is 0 Å². The monoisotopic (exact) mass is 244 g/mol. The van der Waals surface area contributed by atoms with Crippen LogP contribution in [-0.4, -0.2) is 16.7 Å². The van der Waals surface area contributed by atoms with Gasteiger partial charge in [0.2, 0.25) is 11.8 Å². The van der Waals surface area contributed by atoms with Gasteiger partial charge in [-0.2, -0.15) is 0 Å². The van der Waals surface area contributed by atoms with Crippen LogP contribution in [0.15, 0.2) is 18.2 Å². The number of nitrogens with zero attached hydrogens (tertiary/aromatic N) is 1. The Balaban J connectivity index is 1.96. The van der Waals surface area contributed by atoms with Gasteiger partial charge in [-0.1, -0.05) is 6.07 Å². The number of anilines is 1. The van der Waals surface area contributed by atoms with Crippen LogP contribution in [0.3, 0.4) is 0 Å². The first-order valence-electron chi connectivity index (χ1n) is 6.40. The van der Waals surface area contributed by atoms with Crippen LogP contribution in [-0.2, 0) is 16.0 Å². The Hall–Kier alpha value is -1.84. The van der Waals surface area contributed by atoms with Crippen LogP contribution in [0.2, 0.25) is 0 Å². The van der Waals surface area contributed by atoms with Crippen molar-refractivity contribution in [2.24, 2.45) is 0 Å². The van der Waals surface area contributed by atoms with E-state index in [9.17, 15) is 9.59 Å². The topological polar surface area (TPSA) is 63.4 Å². The SMILES string of the molecule is Nc1ccc2c(c1)CCC2N1C(=O)CCCC1=O. The maximum absolute atomic E-state index is 11.9. The number of benzene rings is 1. The Kier molecular flexibility index (Phi) is 2.58. The quantitative estimate of drug-likeness (QED) is 0.605. The van der Waals surface area contributed by atoms with Crippen LogP contribution >= 0.6 is 0 Å². The number of carbonyl (C=O) groups excluding carboxylic acids is 2. The smallest absolute Gasteiger partial charge is 0.229 e. The Morgan fingerprint density at radius 2 is 1.83 bits per heavy atom. The van der Waals surface area contributed by atoms with Crippen molar-refractivity contribution in [2.75, 3.05) is 5.73 Å². The summed E-state index contributed by atoms with van der Waals surface area (Å²) in [4.78, 5) is 25.4. The van der Waals surface area contributed by atoms with E-state index in [1.54, 1.807) is 0 Å². The molecule has 0 aromatic heterocycles. The summed E-state index contributed by atoms with van der Waals surface area (Å²) in [5.41, 5.74) is 8.77. The summed E-state index contributed by atoms with van der Waals surface area (Å²) in [5, 5.41) is 0. The molecule has 1 aliphatic heterocycles. The molecule has 2 amide bonds. The third kappa shape index (κ3) is 1.68. The number of likely N-dealkylation sites (tertiary alicyclic amines) is 1. The van der Waals surface area contributed by atoms with E-state index in [0.717, 1.165) is 24.1 Å². The molecule has 0 radical (unpaired) electrons. The zero-order valence-electron chi connectivity index (χ0n) is 10.2. The summed E-state index contributed by atoms with van der Waals surface area (Å²) in [6, 6.07) is 5.68. The summed E-state index contributed by atoms with van der Waals surface area (Å²) < 4.78 is 0. The van der Waals surface area contributed by atoms with Gasteiger partial charge < -0.3 is 5.73 Å². The molecule has 2 N–H and O–H groups in total. The second-order valence-corrected chi connectivity index (χ2v) is 5.02. The largest absolute Gasteiger partial charge is 0.399 e. The van der Waals surface area contributed by atoms with Crippen LogP contribution in [0.5, 0.6) is 0 Å². The minimum absolute atomic E-state index is 0.0269. The maximum Gasteiger partial charge on any atom is 0.229 e. The Morgan fingerprint density at radius 3 is 2.56 bits per heavy atom. The average Bonchev–Trinajstić information content (AvgIpc) is 2.72. The molecule has 18 heavy (non-hydrogen) atoms. The summed E-state index contributed by atoms with van der Waals surface area (Å²) in [6.07, 6.45) is 3.40. The van der Waals surface area contributed by atoms with Crippen LogP contribution < -0.4 is 5.73 Å². The average molecular weight is 244 g/mol. The number of fused-ring (bicyclic) bond motifs is 1. The Bertz CT molecular complexity index is 509. The molecule has 1 atom stereocenters. The third-order valence-electron chi connectivity index (χ3n) is 3.84. The molecule has 4 nitrogen and oxygen atoms in total. The van der Waals surface area contributed by atoms with Crippen molar-refractivity contribution in [3.05, 3.63) is 29.3 Å². The summed E-state index contributed by atoms with van der Waals surface area (Å²) in [6.45, 7) is 0. The van der Waals surface area contributed by atoms with Gasteiger partial charge in [-0.3, -0.25) is 14.5 Å². The molecule has 4 heteroatoms. The molecule has 1 aromatic carbocycles. The van der Waals surface area contributed by atoms with Crippen molar-refractivity contribution in [1.29, 1.82) is 0 Å². The lowest BCUT2D eigenvalue weighted by atomic mass is 10.0. The minimum atomic E-state index is -0.0686. The lowest BCUT2D eigenvalue weighted by molar-refractivity contribution is -0.151. The lowest BCUT2D eigenvalue weighted by Gasteiger charge is -2.31.